The smallest absolute Gasteiger partial charge is 0.130 e. The minimum atomic E-state index is 0.256. The molecule has 2 aromatic carbocycles. The molecule has 0 radical (unpaired) electrons. The first kappa shape index (κ1) is 13.8. The molecule has 0 aromatic heterocycles. The maximum absolute atomic E-state index is 11.5. The topological polar surface area (TPSA) is 17.1 Å². The van der Waals surface area contributed by atoms with Crippen molar-refractivity contribution < 1.29 is 4.79 Å². The number of hydrogen-bond donors (Lipinski definition) is 0. The molecule has 0 N–H and O–H groups in total. The van der Waals surface area contributed by atoms with Crippen molar-refractivity contribution in [3.63, 3.8) is 0 Å². The Balaban J connectivity index is 2.11. The van der Waals surface area contributed by atoms with Crippen molar-refractivity contribution in [1.82, 2.24) is 0 Å². The summed E-state index contributed by atoms with van der Waals surface area (Å²) in [6.45, 7) is 3.85. The van der Waals surface area contributed by atoms with Crippen LogP contribution in [0.5, 0.6) is 0 Å². The van der Waals surface area contributed by atoms with E-state index in [-0.39, 0.29) is 11.7 Å². The summed E-state index contributed by atoms with van der Waals surface area (Å²) in [5.41, 5.74) is 6.71. The molecule has 0 bridgehead atoms. The van der Waals surface area contributed by atoms with Crippen molar-refractivity contribution in [3.8, 4) is 0 Å². The van der Waals surface area contributed by atoms with Gasteiger partial charge in [-0.2, -0.15) is 0 Å². The number of hydrogen-bond acceptors (Lipinski definition) is 1. The Morgan fingerprint density at radius 1 is 1.05 bits per heavy atom. The van der Waals surface area contributed by atoms with E-state index < -0.39 is 0 Å². The Morgan fingerprint density at radius 2 is 1.71 bits per heavy atom. The Bertz CT molecular complexity index is 695. The van der Waals surface area contributed by atoms with E-state index in [0.717, 1.165) is 6.42 Å². The molecule has 0 heterocycles. The minimum Gasteiger partial charge on any atom is -0.300 e. The van der Waals surface area contributed by atoms with Gasteiger partial charge in [-0.25, -0.2) is 0 Å². The highest BCUT2D eigenvalue weighted by Crippen LogP contribution is 2.43. The van der Waals surface area contributed by atoms with Crippen LogP contribution in [0.3, 0.4) is 0 Å². The van der Waals surface area contributed by atoms with Crippen LogP contribution in [0.25, 0.3) is 11.1 Å². The molecule has 21 heavy (non-hydrogen) atoms. The molecule has 0 aliphatic heterocycles. The molecule has 106 valence electrons. The second-order valence-electron chi connectivity index (χ2n) is 5.90. The highest BCUT2D eigenvalue weighted by Gasteiger charge is 2.26. The van der Waals surface area contributed by atoms with Crippen LogP contribution in [-0.2, 0) is 11.2 Å². The zero-order valence-electron chi connectivity index (χ0n) is 12.6. The van der Waals surface area contributed by atoms with E-state index in [1.807, 2.05) is 6.07 Å². The number of carbonyl (C=O) groups is 1. The van der Waals surface area contributed by atoms with E-state index in [2.05, 4.69) is 55.5 Å². The molecule has 2 aromatic rings. The summed E-state index contributed by atoms with van der Waals surface area (Å²) >= 11 is 0. The maximum Gasteiger partial charge on any atom is 0.130 e. The molecule has 1 atom stereocenters. The van der Waals surface area contributed by atoms with Gasteiger partial charge in [-0.3, -0.25) is 0 Å². The van der Waals surface area contributed by atoms with Gasteiger partial charge in [0.1, 0.15) is 5.78 Å². The summed E-state index contributed by atoms with van der Waals surface area (Å²) in [6, 6.07) is 19.1. The van der Waals surface area contributed by atoms with Gasteiger partial charge in [0, 0.05) is 6.42 Å². The molecule has 0 spiro atoms. The van der Waals surface area contributed by atoms with Crippen LogP contribution in [0.1, 0.15) is 37.0 Å². The Kier molecular flexibility index (Phi) is 3.74. The molecule has 1 nitrogen and oxygen atoms in total. The summed E-state index contributed by atoms with van der Waals surface area (Å²) in [5, 5.41) is 0. The van der Waals surface area contributed by atoms with E-state index in [1.165, 1.54) is 27.8 Å². The molecule has 1 heteroatoms. The van der Waals surface area contributed by atoms with Crippen molar-refractivity contribution in [1.29, 1.82) is 0 Å². The maximum atomic E-state index is 11.5. The van der Waals surface area contributed by atoms with Crippen molar-refractivity contribution in [3.05, 3.63) is 71.3 Å². The number of benzene rings is 2. The van der Waals surface area contributed by atoms with Crippen molar-refractivity contribution in [2.24, 2.45) is 5.92 Å². The molecule has 1 aliphatic carbocycles. The number of allylic oxidation sites excluding steroid dienone is 2. The van der Waals surface area contributed by atoms with Gasteiger partial charge >= 0.3 is 0 Å². The zero-order chi connectivity index (χ0) is 14.8. The first-order chi connectivity index (χ1) is 10.2. The predicted octanol–water partition coefficient (Wildman–Crippen LogP) is 4.77. The standard InChI is InChI=1S/C20H20O/c1-14(12-15(2)21)20-18-11-7-6-10-17(18)13-19(20)16-8-4-3-5-9-16/h3-11,14H,12-13H2,1-2H3. The number of ketones is 1. The molecule has 3 rings (SSSR count). The molecule has 1 unspecified atom stereocenters. The lowest BCUT2D eigenvalue weighted by Crippen LogP contribution is -2.04. The van der Waals surface area contributed by atoms with E-state index >= 15 is 0 Å². The van der Waals surface area contributed by atoms with Crippen LogP contribution in [0.2, 0.25) is 0 Å². The minimum absolute atomic E-state index is 0.256. The van der Waals surface area contributed by atoms with Crippen LogP contribution < -0.4 is 0 Å². The first-order valence-electron chi connectivity index (χ1n) is 7.53. The number of Topliss-reactive ketones (excluding diaryl/α,β-unsaturated/α-hetero) is 1. The van der Waals surface area contributed by atoms with Crippen LogP contribution in [-0.4, -0.2) is 5.78 Å². The fraction of sp³-hybridized carbons (Fsp3) is 0.250. The third kappa shape index (κ3) is 2.69. The van der Waals surface area contributed by atoms with Gasteiger partial charge in [0.05, 0.1) is 0 Å². The van der Waals surface area contributed by atoms with Crippen LogP contribution in [0.15, 0.2) is 54.6 Å². The van der Waals surface area contributed by atoms with Crippen LogP contribution >= 0.6 is 0 Å². The SMILES string of the molecule is CC(=O)CC(C)C1=C(c2ccccc2)Cc2ccccc21. The molecule has 0 saturated heterocycles. The lowest BCUT2D eigenvalue weighted by molar-refractivity contribution is -0.117. The Labute approximate surface area is 126 Å². The molecule has 0 fully saturated rings. The zero-order valence-corrected chi connectivity index (χ0v) is 12.6. The number of rotatable bonds is 4. The van der Waals surface area contributed by atoms with Gasteiger partial charge in [0.15, 0.2) is 0 Å². The summed E-state index contributed by atoms with van der Waals surface area (Å²) in [5.74, 6) is 0.521. The van der Waals surface area contributed by atoms with Gasteiger partial charge in [-0.15, -0.1) is 0 Å². The van der Waals surface area contributed by atoms with Gasteiger partial charge in [0.2, 0.25) is 0 Å². The average molecular weight is 276 g/mol. The van der Waals surface area contributed by atoms with Gasteiger partial charge < -0.3 is 4.79 Å². The van der Waals surface area contributed by atoms with E-state index in [0.29, 0.717) is 6.42 Å². The molecule has 0 saturated carbocycles. The third-order valence-corrected chi connectivity index (χ3v) is 4.21. The summed E-state index contributed by atoms with van der Waals surface area (Å²) in [7, 11) is 0. The summed E-state index contributed by atoms with van der Waals surface area (Å²) in [4.78, 5) is 11.5. The lowest BCUT2D eigenvalue weighted by Gasteiger charge is -2.16. The predicted molar refractivity (Wildman–Crippen MR) is 87.9 cm³/mol. The fourth-order valence-corrected chi connectivity index (χ4v) is 3.38. The van der Waals surface area contributed by atoms with Gasteiger partial charge in [0.25, 0.3) is 0 Å². The lowest BCUT2D eigenvalue weighted by atomic mass is 9.88. The van der Waals surface area contributed by atoms with E-state index in [9.17, 15) is 4.79 Å². The van der Waals surface area contributed by atoms with Crippen molar-refractivity contribution in [2.45, 2.75) is 26.7 Å². The first-order valence-corrected chi connectivity index (χ1v) is 7.53. The fourth-order valence-electron chi connectivity index (χ4n) is 3.38. The molecule has 1 aliphatic rings. The van der Waals surface area contributed by atoms with Crippen LogP contribution in [0.4, 0.5) is 0 Å². The molecular weight excluding hydrogens is 256 g/mol. The highest BCUT2D eigenvalue weighted by atomic mass is 16.1. The van der Waals surface area contributed by atoms with Crippen molar-refractivity contribution in [2.75, 3.05) is 0 Å². The Morgan fingerprint density at radius 3 is 2.43 bits per heavy atom. The highest BCUT2D eigenvalue weighted by molar-refractivity contribution is 5.98. The number of carbonyl (C=O) groups excluding carboxylic acids is 1. The summed E-state index contributed by atoms with van der Waals surface area (Å²) < 4.78 is 0. The largest absolute Gasteiger partial charge is 0.300 e. The van der Waals surface area contributed by atoms with Crippen molar-refractivity contribution >= 4 is 16.9 Å². The summed E-state index contributed by atoms with van der Waals surface area (Å²) in [6.07, 6.45) is 1.58. The Hall–Kier alpha value is -2.15. The quantitative estimate of drug-likeness (QED) is 0.786. The molecular formula is C20H20O. The second kappa shape index (κ2) is 5.69. The van der Waals surface area contributed by atoms with E-state index in [4.69, 9.17) is 0 Å². The third-order valence-electron chi connectivity index (χ3n) is 4.21. The number of fused-ring (bicyclic) bond motifs is 1. The molecule has 0 amide bonds. The normalized spacial score (nSPS) is 15.0. The van der Waals surface area contributed by atoms with Gasteiger partial charge in [-0.1, -0.05) is 61.5 Å². The van der Waals surface area contributed by atoms with E-state index in [1.54, 1.807) is 6.92 Å². The second-order valence-corrected chi connectivity index (χ2v) is 5.90. The van der Waals surface area contributed by atoms with Crippen LogP contribution in [0, 0.1) is 5.92 Å². The van der Waals surface area contributed by atoms with Gasteiger partial charge in [-0.05, 0) is 47.1 Å². The average Bonchev–Trinajstić information content (AvgIpc) is 2.87. The monoisotopic (exact) mass is 276 g/mol.